The summed E-state index contributed by atoms with van der Waals surface area (Å²) in [6.07, 6.45) is 0.705. The van der Waals surface area contributed by atoms with Crippen LogP contribution in [0.4, 0.5) is 5.69 Å². The van der Waals surface area contributed by atoms with Gasteiger partial charge >= 0.3 is 5.97 Å². The third kappa shape index (κ3) is 5.34. The zero-order chi connectivity index (χ0) is 16.8. The molecule has 0 bridgehead atoms. The molecule has 0 aliphatic carbocycles. The molecule has 0 fully saturated rings. The van der Waals surface area contributed by atoms with E-state index >= 15 is 0 Å². The molecule has 23 heavy (non-hydrogen) atoms. The quantitative estimate of drug-likeness (QED) is 0.696. The molecule has 0 aliphatic heterocycles. The normalized spacial score (nSPS) is 10.4. The first-order valence-corrected chi connectivity index (χ1v) is 7.88. The van der Waals surface area contributed by atoms with Gasteiger partial charge in [0.1, 0.15) is 5.75 Å². The number of rotatable bonds is 7. The fraction of sp³-hybridized carbons (Fsp3) is 0.235. The molecular formula is C17H17Cl2NO3. The van der Waals surface area contributed by atoms with E-state index < -0.39 is 5.97 Å². The van der Waals surface area contributed by atoms with Crippen LogP contribution in [0.25, 0.3) is 0 Å². The molecule has 2 N–H and O–H groups in total. The second-order valence-corrected chi connectivity index (χ2v) is 5.96. The number of halogens is 2. The van der Waals surface area contributed by atoms with E-state index in [0.717, 1.165) is 5.56 Å². The van der Waals surface area contributed by atoms with Crippen molar-refractivity contribution in [2.24, 2.45) is 0 Å². The Bertz CT molecular complexity index is 684. The first-order valence-electron chi connectivity index (χ1n) is 7.12. The van der Waals surface area contributed by atoms with Crippen molar-refractivity contribution in [2.75, 3.05) is 18.5 Å². The number of carbonyl (C=O) groups is 1. The van der Waals surface area contributed by atoms with E-state index in [4.69, 9.17) is 27.9 Å². The van der Waals surface area contributed by atoms with Gasteiger partial charge in [0.05, 0.1) is 12.2 Å². The van der Waals surface area contributed by atoms with E-state index in [0.29, 0.717) is 41.1 Å². The van der Waals surface area contributed by atoms with Gasteiger partial charge in [-0.15, -0.1) is 0 Å². The highest BCUT2D eigenvalue weighted by Gasteiger charge is 2.09. The maximum absolute atomic E-state index is 11.2. The minimum Gasteiger partial charge on any atom is -0.493 e. The Balaban J connectivity index is 1.83. The molecule has 0 saturated heterocycles. The average Bonchev–Trinajstić information content (AvgIpc) is 2.47. The first kappa shape index (κ1) is 17.4. The molecule has 0 aromatic heterocycles. The van der Waals surface area contributed by atoms with Crippen molar-refractivity contribution in [3.05, 3.63) is 57.6 Å². The van der Waals surface area contributed by atoms with Crippen LogP contribution in [0.3, 0.4) is 0 Å². The lowest BCUT2D eigenvalue weighted by molar-refractivity contribution is 0.0698. The van der Waals surface area contributed by atoms with Crippen molar-refractivity contribution in [1.29, 1.82) is 0 Å². The van der Waals surface area contributed by atoms with Crippen molar-refractivity contribution >= 4 is 34.9 Å². The van der Waals surface area contributed by atoms with Gasteiger partial charge in [0, 0.05) is 22.3 Å². The minimum atomic E-state index is -0.944. The van der Waals surface area contributed by atoms with Crippen molar-refractivity contribution in [2.45, 2.75) is 13.3 Å². The van der Waals surface area contributed by atoms with Gasteiger partial charge in [0.15, 0.2) is 0 Å². The van der Waals surface area contributed by atoms with E-state index in [-0.39, 0.29) is 5.56 Å². The van der Waals surface area contributed by atoms with Gasteiger partial charge in [-0.05, 0) is 43.7 Å². The highest BCUT2D eigenvalue weighted by molar-refractivity contribution is 6.34. The summed E-state index contributed by atoms with van der Waals surface area (Å²) in [6.45, 7) is 2.93. The van der Waals surface area contributed by atoms with Crippen molar-refractivity contribution in [3.63, 3.8) is 0 Å². The molecule has 0 heterocycles. The van der Waals surface area contributed by atoms with E-state index in [1.165, 1.54) is 0 Å². The van der Waals surface area contributed by atoms with Crippen LogP contribution in [-0.4, -0.2) is 24.2 Å². The third-order valence-electron chi connectivity index (χ3n) is 3.15. The molecule has 2 aromatic rings. The van der Waals surface area contributed by atoms with Crippen LogP contribution in [0.2, 0.25) is 10.0 Å². The standard InChI is InChI=1S/C17H17Cl2NO3/c1-11-3-4-16(15(7-11)17(21)22)20-5-2-6-23-14-9-12(18)8-13(19)10-14/h3-4,7-10,20H,2,5-6H2,1H3,(H,21,22). The van der Waals surface area contributed by atoms with Crippen LogP contribution in [0.5, 0.6) is 5.75 Å². The number of hydrogen-bond donors (Lipinski definition) is 2. The van der Waals surface area contributed by atoms with E-state index in [2.05, 4.69) is 5.32 Å². The summed E-state index contributed by atoms with van der Waals surface area (Å²) in [7, 11) is 0. The maximum Gasteiger partial charge on any atom is 0.337 e. The number of nitrogens with one attached hydrogen (secondary N) is 1. The number of anilines is 1. The summed E-state index contributed by atoms with van der Waals surface area (Å²) in [5.41, 5.74) is 1.79. The Morgan fingerprint density at radius 1 is 1.17 bits per heavy atom. The van der Waals surface area contributed by atoms with Crippen molar-refractivity contribution < 1.29 is 14.6 Å². The second kappa shape index (κ2) is 8.09. The van der Waals surface area contributed by atoms with E-state index in [1.807, 2.05) is 13.0 Å². The third-order valence-corrected chi connectivity index (χ3v) is 3.58. The smallest absolute Gasteiger partial charge is 0.337 e. The Kier molecular flexibility index (Phi) is 6.13. The molecule has 6 heteroatoms. The monoisotopic (exact) mass is 353 g/mol. The highest BCUT2D eigenvalue weighted by Crippen LogP contribution is 2.24. The number of benzene rings is 2. The zero-order valence-electron chi connectivity index (χ0n) is 12.6. The van der Waals surface area contributed by atoms with Crippen molar-refractivity contribution in [1.82, 2.24) is 0 Å². The van der Waals surface area contributed by atoms with Gasteiger partial charge in [-0.2, -0.15) is 0 Å². The second-order valence-electron chi connectivity index (χ2n) is 5.09. The van der Waals surface area contributed by atoms with Crippen LogP contribution >= 0.6 is 23.2 Å². The summed E-state index contributed by atoms with van der Waals surface area (Å²) in [4.78, 5) is 11.2. The zero-order valence-corrected chi connectivity index (χ0v) is 14.1. The Labute approximate surface area is 145 Å². The lowest BCUT2D eigenvalue weighted by Crippen LogP contribution is -2.10. The van der Waals surface area contributed by atoms with Crippen LogP contribution in [0.15, 0.2) is 36.4 Å². The predicted molar refractivity (Wildman–Crippen MR) is 93.2 cm³/mol. The fourth-order valence-electron chi connectivity index (χ4n) is 2.09. The van der Waals surface area contributed by atoms with Crippen LogP contribution < -0.4 is 10.1 Å². The SMILES string of the molecule is Cc1ccc(NCCCOc2cc(Cl)cc(Cl)c2)c(C(=O)O)c1. The largest absolute Gasteiger partial charge is 0.493 e. The number of hydrogen-bond acceptors (Lipinski definition) is 3. The summed E-state index contributed by atoms with van der Waals surface area (Å²) in [6, 6.07) is 10.3. The van der Waals surface area contributed by atoms with Crippen molar-refractivity contribution in [3.8, 4) is 5.75 Å². The van der Waals surface area contributed by atoms with Gasteiger partial charge in [-0.3, -0.25) is 0 Å². The molecule has 0 saturated carbocycles. The molecule has 2 rings (SSSR count). The molecule has 0 amide bonds. The predicted octanol–water partition coefficient (Wildman–Crippen LogP) is 4.88. The maximum atomic E-state index is 11.2. The summed E-state index contributed by atoms with van der Waals surface area (Å²) >= 11 is 11.8. The molecule has 2 aromatic carbocycles. The molecule has 0 radical (unpaired) electrons. The number of carboxylic acids is 1. The Hall–Kier alpha value is -1.91. The van der Waals surface area contributed by atoms with E-state index in [1.54, 1.807) is 30.3 Å². The fourth-order valence-corrected chi connectivity index (χ4v) is 2.59. The van der Waals surface area contributed by atoms with Gasteiger partial charge in [0.2, 0.25) is 0 Å². The number of aryl methyl sites for hydroxylation is 1. The Morgan fingerprint density at radius 2 is 1.87 bits per heavy atom. The molecular weight excluding hydrogens is 337 g/mol. The van der Waals surface area contributed by atoms with Gasteiger partial charge < -0.3 is 15.2 Å². The lowest BCUT2D eigenvalue weighted by atomic mass is 10.1. The van der Waals surface area contributed by atoms with Gasteiger partial charge in [-0.25, -0.2) is 4.79 Å². The summed E-state index contributed by atoms with van der Waals surface area (Å²) in [5.74, 6) is -0.329. The van der Waals surface area contributed by atoms with Gasteiger partial charge in [-0.1, -0.05) is 34.8 Å². The van der Waals surface area contributed by atoms with E-state index in [9.17, 15) is 9.90 Å². The molecule has 122 valence electrons. The van der Waals surface area contributed by atoms with Gasteiger partial charge in [0.25, 0.3) is 0 Å². The topological polar surface area (TPSA) is 58.6 Å². The van der Waals surface area contributed by atoms with Crippen LogP contribution in [-0.2, 0) is 0 Å². The summed E-state index contributed by atoms with van der Waals surface area (Å²) in [5, 5.41) is 13.4. The molecule has 4 nitrogen and oxygen atoms in total. The molecule has 0 aliphatic rings. The number of carboxylic acid groups (broad SMARTS) is 1. The molecule has 0 spiro atoms. The number of aromatic carboxylic acids is 1. The average molecular weight is 354 g/mol. The summed E-state index contributed by atoms with van der Waals surface area (Å²) < 4.78 is 5.58. The lowest BCUT2D eigenvalue weighted by Gasteiger charge is -2.11. The number of ether oxygens (including phenoxy) is 1. The van der Waals surface area contributed by atoms with Crippen LogP contribution in [0.1, 0.15) is 22.3 Å². The molecule has 0 atom stereocenters. The first-order chi connectivity index (χ1) is 11.0. The highest BCUT2D eigenvalue weighted by atomic mass is 35.5. The molecule has 0 unspecified atom stereocenters. The Morgan fingerprint density at radius 3 is 2.52 bits per heavy atom. The van der Waals surface area contributed by atoms with Crippen LogP contribution in [0, 0.1) is 6.92 Å². The minimum absolute atomic E-state index is 0.271.